The fourth-order valence-electron chi connectivity index (χ4n) is 2.70. The van der Waals surface area contributed by atoms with Crippen LogP contribution in [0.3, 0.4) is 0 Å². The monoisotopic (exact) mass is 233 g/mol. The first-order valence-corrected chi connectivity index (χ1v) is 6.75. The Morgan fingerprint density at radius 2 is 1.59 bits per heavy atom. The molecule has 1 atom stereocenters. The Bertz CT molecular complexity index is 366. The van der Waals surface area contributed by atoms with E-state index >= 15 is 0 Å². The van der Waals surface area contributed by atoms with Gasteiger partial charge in [0.15, 0.2) is 0 Å². The minimum atomic E-state index is -0.151. The van der Waals surface area contributed by atoms with E-state index in [-0.39, 0.29) is 5.82 Å². The molecule has 0 aromatic heterocycles. The van der Waals surface area contributed by atoms with E-state index in [0.29, 0.717) is 12.1 Å². The van der Waals surface area contributed by atoms with Crippen LogP contribution in [0, 0.1) is 17.7 Å². The van der Waals surface area contributed by atoms with Gasteiger partial charge in [-0.2, -0.15) is 0 Å². The molecule has 1 aromatic rings. The quantitative estimate of drug-likeness (QED) is 0.818. The van der Waals surface area contributed by atoms with Gasteiger partial charge in [0, 0.05) is 12.1 Å². The largest absolute Gasteiger partial charge is 0.307 e. The van der Waals surface area contributed by atoms with Crippen LogP contribution in [0.5, 0.6) is 0 Å². The molecule has 0 saturated heterocycles. The molecule has 0 heterocycles. The molecule has 1 nitrogen and oxygen atoms in total. The van der Waals surface area contributed by atoms with Gasteiger partial charge < -0.3 is 5.32 Å². The molecule has 0 unspecified atom stereocenters. The molecule has 2 aliphatic carbocycles. The minimum absolute atomic E-state index is 0.151. The van der Waals surface area contributed by atoms with E-state index in [2.05, 4.69) is 12.2 Å². The number of hydrogen-bond acceptors (Lipinski definition) is 1. The standard InChI is InChI=1S/C15H20FN/c1-10(11-6-8-14(16)9-7-11)17-15(12-2-3-12)13-4-5-13/h6-10,12-13,15,17H,2-5H2,1H3/t10-/m0/s1. The van der Waals surface area contributed by atoms with Gasteiger partial charge in [0.2, 0.25) is 0 Å². The third-order valence-corrected chi connectivity index (χ3v) is 4.07. The number of hydrogen-bond donors (Lipinski definition) is 1. The van der Waals surface area contributed by atoms with E-state index in [1.54, 1.807) is 12.1 Å². The summed E-state index contributed by atoms with van der Waals surface area (Å²) in [6, 6.07) is 7.93. The molecule has 17 heavy (non-hydrogen) atoms. The molecular formula is C15H20FN. The normalized spacial score (nSPS) is 21.8. The third kappa shape index (κ3) is 2.68. The van der Waals surface area contributed by atoms with Crippen molar-refractivity contribution in [3.63, 3.8) is 0 Å². The second-order valence-electron chi connectivity index (χ2n) is 5.64. The van der Waals surface area contributed by atoms with Crippen LogP contribution >= 0.6 is 0 Å². The molecule has 2 fully saturated rings. The molecule has 1 N–H and O–H groups in total. The first kappa shape index (κ1) is 11.2. The summed E-state index contributed by atoms with van der Waals surface area (Å²) in [7, 11) is 0. The zero-order chi connectivity index (χ0) is 11.8. The van der Waals surface area contributed by atoms with E-state index in [1.807, 2.05) is 12.1 Å². The van der Waals surface area contributed by atoms with Crippen LogP contribution in [0.15, 0.2) is 24.3 Å². The van der Waals surface area contributed by atoms with Crippen molar-refractivity contribution >= 4 is 0 Å². The highest BCUT2D eigenvalue weighted by Crippen LogP contribution is 2.45. The first-order chi connectivity index (χ1) is 8.24. The lowest BCUT2D eigenvalue weighted by molar-refractivity contribution is 0.377. The topological polar surface area (TPSA) is 12.0 Å². The van der Waals surface area contributed by atoms with Crippen LogP contribution in [0.4, 0.5) is 4.39 Å². The van der Waals surface area contributed by atoms with E-state index in [0.717, 1.165) is 11.8 Å². The second kappa shape index (κ2) is 4.41. The minimum Gasteiger partial charge on any atom is -0.307 e. The van der Waals surface area contributed by atoms with Crippen molar-refractivity contribution in [2.75, 3.05) is 0 Å². The number of benzene rings is 1. The predicted molar refractivity (Wildman–Crippen MR) is 67.2 cm³/mol. The van der Waals surface area contributed by atoms with Crippen molar-refractivity contribution in [2.24, 2.45) is 11.8 Å². The summed E-state index contributed by atoms with van der Waals surface area (Å²) in [5, 5.41) is 3.75. The Morgan fingerprint density at radius 3 is 2.06 bits per heavy atom. The average Bonchev–Trinajstić information content (AvgIpc) is 3.17. The summed E-state index contributed by atoms with van der Waals surface area (Å²) in [4.78, 5) is 0. The predicted octanol–water partition coefficient (Wildman–Crippen LogP) is 3.66. The molecule has 92 valence electrons. The molecule has 3 rings (SSSR count). The number of halogens is 1. The van der Waals surface area contributed by atoms with Crippen LogP contribution in [0.2, 0.25) is 0 Å². The molecule has 0 bridgehead atoms. The van der Waals surface area contributed by atoms with E-state index < -0.39 is 0 Å². The molecular weight excluding hydrogens is 213 g/mol. The van der Waals surface area contributed by atoms with Gasteiger partial charge >= 0.3 is 0 Å². The van der Waals surface area contributed by atoms with Gasteiger partial charge in [-0.3, -0.25) is 0 Å². The zero-order valence-corrected chi connectivity index (χ0v) is 10.3. The van der Waals surface area contributed by atoms with Gasteiger partial charge in [-0.05, 0) is 62.1 Å². The lowest BCUT2D eigenvalue weighted by Crippen LogP contribution is -2.35. The molecule has 2 saturated carbocycles. The van der Waals surface area contributed by atoms with Gasteiger partial charge in [0.25, 0.3) is 0 Å². The molecule has 1 aromatic carbocycles. The lowest BCUT2D eigenvalue weighted by atomic mass is 10.0. The SMILES string of the molecule is C[C@H](NC(C1CC1)C1CC1)c1ccc(F)cc1. The Hall–Kier alpha value is -0.890. The van der Waals surface area contributed by atoms with Crippen LogP contribution in [-0.2, 0) is 0 Å². The fourth-order valence-corrected chi connectivity index (χ4v) is 2.70. The van der Waals surface area contributed by atoms with Crippen LogP contribution in [0.1, 0.15) is 44.2 Å². The number of rotatable bonds is 5. The maximum Gasteiger partial charge on any atom is 0.123 e. The van der Waals surface area contributed by atoms with Gasteiger partial charge in [-0.15, -0.1) is 0 Å². The van der Waals surface area contributed by atoms with Gasteiger partial charge in [0.05, 0.1) is 0 Å². The maximum atomic E-state index is 12.9. The van der Waals surface area contributed by atoms with Gasteiger partial charge in [-0.1, -0.05) is 12.1 Å². The summed E-state index contributed by atoms with van der Waals surface area (Å²) in [5.74, 6) is 1.66. The van der Waals surface area contributed by atoms with Crippen LogP contribution in [-0.4, -0.2) is 6.04 Å². The lowest BCUT2D eigenvalue weighted by Gasteiger charge is -2.23. The van der Waals surface area contributed by atoms with Crippen molar-refractivity contribution in [1.82, 2.24) is 5.32 Å². The number of nitrogens with one attached hydrogen (secondary N) is 1. The highest BCUT2D eigenvalue weighted by Gasteiger charge is 2.41. The summed E-state index contributed by atoms with van der Waals surface area (Å²) >= 11 is 0. The average molecular weight is 233 g/mol. The Morgan fingerprint density at radius 1 is 1.06 bits per heavy atom. The fraction of sp³-hybridized carbons (Fsp3) is 0.600. The molecule has 0 aliphatic heterocycles. The summed E-state index contributed by atoms with van der Waals surface area (Å²) in [5.41, 5.74) is 1.19. The molecule has 2 heteroatoms. The van der Waals surface area contributed by atoms with Crippen molar-refractivity contribution in [1.29, 1.82) is 0 Å². The van der Waals surface area contributed by atoms with Gasteiger partial charge in [-0.25, -0.2) is 4.39 Å². The summed E-state index contributed by atoms with van der Waals surface area (Å²) < 4.78 is 12.9. The van der Waals surface area contributed by atoms with Crippen molar-refractivity contribution in [3.05, 3.63) is 35.6 Å². The maximum absolute atomic E-state index is 12.9. The summed E-state index contributed by atoms with van der Waals surface area (Å²) in [6.45, 7) is 2.19. The highest BCUT2D eigenvalue weighted by molar-refractivity contribution is 5.19. The van der Waals surface area contributed by atoms with Crippen LogP contribution in [0.25, 0.3) is 0 Å². The Kier molecular flexibility index (Phi) is 2.91. The van der Waals surface area contributed by atoms with Crippen molar-refractivity contribution < 1.29 is 4.39 Å². The van der Waals surface area contributed by atoms with Crippen molar-refractivity contribution in [2.45, 2.75) is 44.7 Å². The smallest absolute Gasteiger partial charge is 0.123 e. The molecule has 0 radical (unpaired) electrons. The molecule has 0 amide bonds. The molecule has 2 aliphatic rings. The zero-order valence-electron chi connectivity index (χ0n) is 10.3. The van der Waals surface area contributed by atoms with Crippen molar-refractivity contribution in [3.8, 4) is 0 Å². The van der Waals surface area contributed by atoms with E-state index in [1.165, 1.54) is 31.2 Å². The van der Waals surface area contributed by atoms with Crippen LogP contribution < -0.4 is 5.32 Å². The Balaban J connectivity index is 1.64. The second-order valence-corrected chi connectivity index (χ2v) is 5.64. The summed E-state index contributed by atoms with van der Waals surface area (Å²) in [6.07, 6.45) is 5.57. The first-order valence-electron chi connectivity index (χ1n) is 6.75. The van der Waals surface area contributed by atoms with E-state index in [4.69, 9.17) is 0 Å². The van der Waals surface area contributed by atoms with E-state index in [9.17, 15) is 4.39 Å². The highest BCUT2D eigenvalue weighted by atomic mass is 19.1. The third-order valence-electron chi connectivity index (χ3n) is 4.07. The van der Waals surface area contributed by atoms with Gasteiger partial charge in [0.1, 0.15) is 5.82 Å². The Labute approximate surface area is 102 Å². The molecule has 0 spiro atoms.